The highest BCUT2D eigenvalue weighted by Gasteiger charge is 2.11. The van der Waals surface area contributed by atoms with Crippen molar-refractivity contribution in [1.82, 2.24) is 4.90 Å². The van der Waals surface area contributed by atoms with Crippen molar-refractivity contribution < 1.29 is 14.2 Å². The summed E-state index contributed by atoms with van der Waals surface area (Å²) < 4.78 is 16.7. The monoisotopic (exact) mass is 364 g/mol. The molecule has 1 aliphatic rings. The zero-order valence-electron chi connectivity index (χ0n) is 15.6. The van der Waals surface area contributed by atoms with Crippen LogP contribution >= 0.6 is 0 Å². The number of ether oxygens (including phenoxy) is 3. The van der Waals surface area contributed by atoms with E-state index in [2.05, 4.69) is 9.74 Å². The van der Waals surface area contributed by atoms with Gasteiger partial charge in [-0.05, 0) is 23.3 Å². The Bertz CT molecular complexity index is 806. The van der Waals surface area contributed by atoms with Gasteiger partial charge in [0, 0.05) is 25.7 Å². The molecule has 0 amide bonds. The van der Waals surface area contributed by atoms with Crippen LogP contribution < -0.4 is 9.47 Å². The molecule has 0 spiro atoms. The summed E-state index contributed by atoms with van der Waals surface area (Å²) in [5, 5.41) is 0. The van der Waals surface area contributed by atoms with E-state index in [4.69, 9.17) is 20.8 Å². The Morgan fingerprint density at radius 1 is 1.11 bits per heavy atom. The minimum Gasteiger partial charge on any atom is -0.493 e. The molecule has 27 heavy (non-hydrogen) atoms. The fourth-order valence-corrected chi connectivity index (χ4v) is 2.92. The van der Waals surface area contributed by atoms with E-state index in [1.807, 2.05) is 54.7 Å². The van der Waals surface area contributed by atoms with Crippen LogP contribution in [0.5, 0.6) is 11.5 Å². The summed E-state index contributed by atoms with van der Waals surface area (Å²) in [5.74, 6) is 1.38. The predicted octanol–water partition coefficient (Wildman–Crippen LogP) is 3.91. The van der Waals surface area contributed by atoms with Crippen molar-refractivity contribution in [2.75, 3.05) is 33.4 Å². The maximum absolute atomic E-state index is 7.47. The minimum absolute atomic E-state index is 0.487. The van der Waals surface area contributed by atoms with Crippen molar-refractivity contribution in [3.05, 3.63) is 83.0 Å². The number of hydrogen-bond donors (Lipinski definition) is 0. The third-order valence-corrected chi connectivity index (χ3v) is 4.37. The average Bonchev–Trinajstić information content (AvgIpc) is 2.73. The van der Waals surface area contributed by atoms with Gasteiger partial charge >= 0.3 is 0 Å². The molecule has 0 radical (unpaired) electrons. The highest BCUT2D eigenvalue weighted by Crippen LogP contribution is 2.30. The summed E-state index contributed by atoms with van der Waals surface area (Å²) in [5.41, 5.74) is 2.83. The van der Waals surface area contributed by atoms with Crippen LogP contribution in [0.25, 0.3) is 4.85 Å². The summed E-state index contributed by atoms with van der Waals surface area (Å²) in [7, 11) is 1.63. The molecule has 1 heterocycles. The van der Waals surface area contributed by atoms with Crippen LogP contribution in [0, 0.1) is 6.57 Å². The van der Waals surface area contributed by atoms with Gasteiger partial charge in [-0.3, -0.25) is 0 Å². The van der Waals surface area contributed by atoms with E-state index in [1.165, 1.54) is 0 Å². The molecule has 0 aliphatic carbocycles. The smallest absolute Gasteiger partial charge is 0.185 e. The van der Waals surface area contributed by atoms with Crippen molar-refractivity contribution >= 4 is 0 Å². The van der Waals surface area contributed by atoms with Gasteiger partial charge in [0.25, 0.3) is 0 Å². The molecule has 0 aromatic heterocycles. The van der Waals surface area contributed by atoms with Crippen molar-refractivity contribution in [2.45, 2.75) is 13.0 Å². The zero-order valence-corrected chi connectivity index (χ0v) is 15.6. The Kier molecular flexibility index (Phi) is 6.72. The molecular formula is C22H24N2O3. The Morgan fingerprint density at radius 3 is 2.59 bits per heavy atom. The molecule has 140 valence electrons. The molecule has 0 atom stereocenters. The predicted molar refractivity (Wildman–Crippen MR) is 105 cm³/mol. The van der Waals surface area contributed by atoms with Gasteiger partial charge in [0.1, 0.15) is 6.61 Å². The fourth-order valence-electron chi connectivity index (χ4n) is 2.92. The van der Waals surface area contributed by atoms with Crippen molar-refractivity contribution in [3.8, 4) is 11.5 Å². The normalized spacial score (nSPS) is 14.5. The zero-order chi connectivity index (χ0) is 18.9. The highest BCUT2D eigenvalue weighted by molar-refractivity contribution is 5.44. The van der Waals surface area contributed by atoms with Crippen LogP contribution in [0.4, 0.5) is 0 Å². The molecule has 5 heteroatoms. The summed E-state index contributed by atoms with van der Waals surface area (Å²) in [4.78, 5) is 5.83. The van der Waals surface area contributed by atoms with Gasteiger partial charge in [-0.2, -0.15) is 0 Å². The number of morpholine rings is 1. The molecule has 0 N–H and O–H groups in total. The molecule has 1 fully saturated rings. The first-order chi connectivity index (χ1) is 13.3. The Balaban J connectivity index is 1.67. The Hall–Kier alpha value is -2.97. The van der Waals surface area contributed by atoms with E-state index >= 15 is 0 Å². The number of methoxy groups -OCH3 is 1. The highest BCUT2D eigenvalue weighted by atomic mass is 16.5. The first-order valence-corrected chi connectivity index (χ1v) is 9.02. The van der Waals surface area contributed by atoms with Crippen LogP contribution in [0.15, 0.2) is 60.4 Å². The number of nitrogens with zero attached hydrogens (tertiary/aromatic N) is 2. The van der Waals surface area contributed by atoms with Gasteiger partial charge in [-0.25, -0.2) is 4.85 Å². The molecule has 1 saturated heterocycles. The fraction of sp³-hybridized carbons (Fsp3) is 0.318. The van der Waals surface area contributed by atoms with Gasteiger partial charge in [-0.1, -0.05) is 36.4 Å². The maximum atomic E-state index is 7.47. The Labute approximate surface area is 160 Å². The van der Waals surface area contributed by atoms with E-state index < -0.39 is 0 Å². The van der Waals surface area contributed by atoms with Crippen LogP contribution in [-0.2, 0) is 17.8 Å². The van der Waals surface area contributed by atoms with E-state index in [-0.39, 0.29) is 0 Å². The lowest BCUT2D eigenvalue weighted by Crippen LogP contribution is -2.32. The largest absolute Gasteiger partial charge is 0.493 e. The van der Waals surface area contributed by atoms with Crippen molar-refractivity contribution in [2.24, 2.45) is 0 Å². The second kappa shape index (κ2) is 9.65. The second-order valence-corrected chi connectivity index (χ2v) is 6.32. The van der Waals surface area contributed by atoms with Crippen molar-refractivity contribution in [3.63, 3.8) is 0 Å². The van der Waals surface area contributed by atoms with Gasteiger partial charge in [0.15, 0.2) is 17.2 Å². The number of benzene rings is 2. The summed E-state index contributed by atoms with van der Waals surface area (Å²) >= 11 is 0. The van der Waals surface area contributed by atoms with Crippen molar-refractivity contribution in [1.29, 1.82) is 0 Å². The lowest BCUT2D eigenvalue weighted by Gasteiger charge is -2.25. The molecule has 5 nitrogen and oxygen atoms in total. The van der Waals surface area contributed by atoms with E-state index in [1.54, 1.807) is 7.11 Å². The topological polar surface area (TPSA) is 35.3 Å². The molecule has 2 aromatic carbocycles. The maximum Gasteiger partial charge on any atom is 0.185 e. The van der Waals surface area contributed by atoms with E-state index in [9.17, 15) is 0 Å². The SMILES string of the molecule is [C-]#[N+]/C(=C\N1CCOCC1)Cc1ccc(OCc2ccccc2)c(OC)c1. The molecule has 0 unspecified atom stereocenters. The standard InChI is InChI=1S/C22H24N2O3/c1-23-20(16-24-10-12-26-13-11-24)14-19-8-9-21(22(15-19)25-2)27-17-18-6-4-3-5-7-18/h3-9,15-16H,10-14,17H2,2H3/b20-16-. The second-order valence-electron chi connectivity index (χ2n) is 6.32. The summed E-state index contributed by atoms with van der Waals surface area (Å²) in [6.07, 6.45) is 2.51. The molecule has 2 aromatic rings. The van der Waals surface area contributed by atoms with Crippen LogP contribution in [-0.4, -0.2) is 38.3 Å². The molecular weight excluding hydrogens is 340 g/mol. The molecule has 1 aliphatic heterocycles. The van der Waals surface area contributed by atoms with Crippen LogP contribution in [0.1, 0.15) is 11.1 Å². The van der Waals surface area contributed by atoms with E-state index in [0.29, 0.717) is 43.4 Å². The van der Waals surface area contributed by atoms with Gasteiger partial charge in [-0.15, -0.1) is 0 Å². The molecule has 0 bridgehead atoms. The minimum atomic E-state index is 0.487. The summed E-state index contributed by atoms with van der Waals surface area (Å²) in [6.45, 7) is 11.0. The molecule has 3 rings (SSSR count). The third kappa shape index (κ3) is 5.50. The van der Waals surface area contributed by atoms with E-state index in [0.717, 1.165) is 24.2 Å². The van der Waals surface area contributed by atoms with Crippen LogP contribution in [0.3, 0.4) is 0 Å². The molecule has 0 saturated carbocycles. The van der Waals surface area contributed by atoms with Crippen LogP contribution in [0.2, 0.25) is 0 Å². The first kappa shape index (κ1) is 18.8. The van der Waals surface area contributed by atoms with Gasteiger partial charge in [0.2, 0.25) is 0 Å². The van der Waals surface area contributed by atoms with Gasteiger partial charge in [0.05, 0.1) is 26.9 Å². The lowest BCUT2D eigenvalue weighted by atomic mass is 10.1. The average molecular weight is 364 g/mol. The third-order valence-electron chi connectivity index (χ3n) is 4.37. The summed E-state index contributed by atoms with van der Waals surface area (Å²) in [6, 6.07) is 15.9. The number of allylic oxidation sites excluding steroid dienone is 1. The number of rotatable bonds is 7. The number of hydrogen-bond acceptors (Lipinski definition) is 4. The Morgan fingerprint density at radius 2 is 1.89 bits per heavy atom. The quantitative estimate of drug-likeness (QED) is 0.698. The van der Waals surface area contributed by atoms with Gasteiger partial charge < -0.3 is 19.1 Å². The first-order valence-electron chi connectivity index (χ1n) is 9.02. The lowest BCUT2D eigenvalue weighted by molar-refractivity contribution is 0.0591.